The molecule has 4 rings (SSSR count). The maximum atomic E-state index is 12.7. The average molecular weight is 363 g/mol. The van der Waals surface area contributed by atoms with Crippen LogP contribution in [0.5, 0.6) is 0 Å². The summed E-state index contributed by atoms with van der Waals surface area (Å²) in [6, 6.07) is 24.0. The molecule has 0 bridgehead atoms. The topological polar surface area (TPSA) is 64.0 Å². The lowest BCUT2D eigenvalue weighted by atomic mass is 10.1. The molecule has 6 heteroatoms. The Balaban J connectivity index is 1.67. The van der Waals surface area contributed by atoms with Gasteiger partial charge < -0.3 is 0 Å². The lowest BCUT2D eigenvalue weighted by Crippen LogP contribution is -2.13. The Hall–Kier alpha value is -3.12. The second-order valence-corrected chi connectivity index (χ2v) is 7.72. The van der Waals surface area contributed by atoms with Crippen LogP contribution in [0.3, 0.4) is 0 Å². The van der Waals surface area contributed by atoms with Crippen molar-refractivity contribution in [2.75, 3.05) is 4.72 Å². The van der Waals surface area contributed by atoms with Crippen LogP contribution in [0.2, 0.25) is 0 Å². The molecule has 0 saturated heterocycles. The van der Waals surface area contributed by atoms with E-state index in [2.05, 4.69) is 9.82 Å². The molecular formula is C20H17N3O2S. The number of sulfonamides is 1. The second-order valence-electron chi connectivity index (χ2n) is 6.03. The minimum Gasteiger partial charge on any atom is -0.262 e. The van der Waals surface area contributed by atoms with Crippen molar-refractivity contribution in [2.24, 2.45) is 0 Å². The van der Waals surface area contributed by atoms with E-state index in [0.717, 1.165) is 22.2 Å². The van der Waals surface area contributed by atoms with Gasteiger partial charge in [-0.3, -0.25) is 4.72 Å². The molecule has 0 spiro atoms. The van der Waals surface area contributed by atoms with Crippen LogP contribution in [-0.2, 0) is 10.0 Å². The molecule has 0 saturated carbocycles. The number of aromatic nitrogens is 2. The largest absolute Gasteiger partial charge is 0.263 e. The summed E-state index contributed by atoms with van der Waals surface area (Å²) in [5.74, 6) is 0.291. The second kappa shape index (κ2) is 6.31. The smallest absolute Gasteiger partial charge is 0.262 e. The van der Waals surface area contributed by atoms with Crippen molar-refractivity contribution in [1.29, 1.82) is 0 Å². The molecule has 5 nitrogen and oxygen atoms in total. The zero-order valence-corrected chi connectivity index (χ0v) is 14.9. The molecule has 0 radical (unpaired) electrons. The molecule has 0 aliphatic carbocycles. The van der Waals surface area contributed by atoms with E-state index in [-0.39, 0.29) is 4.90 Å². The molecule has 0 unspecified atom stereocenters. The zero-order valence-electron chi connectivity index (χ0n) is 14.1. The fraction of sp³-hybridized carbons (Fsp3) is 0.0500. The summed E-state index contributed by atoms with van der Waals surface area (Å²) in [7, 11) is -3.72. The van der Waals surface area contributed by atoms with E-state index in [0.29, 0.717) is 5.82 Å². The van der Waals surface area contributed by atoms with Gasteiger partial charge >= 0.3 is 0 Å². The van der Waals surface area contributed by atoms with Crippen molar-refractivity contribution >= 4 is 26.6 Å². The highest BCUT2D eigenvalue weighted by atomic mass is 32.2. The fourth-order valence-corrected chi connectivity index (χ4v) is 3.91. The van der Waals surface area contributed by atoms with Crippen LogP contribution in [0.1, 0.15) is 5.69 Å². The number of nitrogens with zero attached hydrogens (tertiary/aromatic N) is 2. The van der Waals surface area contributed by atoms with Crippen LogP contribution >= 0.6 is 0 Å². The van der Waals surface area contributed by atoms with Gasteiger partial charge in [-0.15, -0.1) is 5.10 Å². The molecule has 1 N–H and O–H groups in total. The Kier molecular flexibility index (Phi) is 3.97. The van der Waals surface area contributed by atoms with Crippen LogP contribution in [0, 0.1) is 6.92 Å². The third-order valence-corrected chi connectivity index (χ3v) is 5.51. The summed E-state index contributed by atoms with van der Waals surface area (Å²) in [5, 5.41) is 6.25. The van der Waals surface area contributed by atoms with E-state index in [9.17, 15) is 8.42 Å². The number of anilines is 1. The first-order valence-electron chi connectivity index (χ1n) is 8.17. The lowest BCUT2D eigenvalue weighted by molar-refractivity contribution is 0.601. The highest BCUT2D eigenvalue weighted by Crippen LogP contribution is 2.22. The van der Waals surface area contributed by atoms with Crippen molar-refractivity contribution in [1.82, 2.24) is 9.78 Å². The van der Waals surface area contributed by atoms with Crippen molar-refractivity contribution in [3.8, 4) is 5.69 Å². The summed E-state index contributed by atoms with van der Waals surface area (Å²) in [6.07, 6.45) is 0. The van der Waals surface area contributed by atoms with Gasteiger partial charge in [-0.1, -0.05) is 48.5 Å². The third-order valence-electron chi connectivity index (χ3n) is 4.16. The quantitative estimate of drug-likeness (QED) is 0.593. The van der Waals surface area contributed by atoms with Crippen LogP contribution in [0.4, 0.5) is 5.82 Å². The first kappa shape index (κ1) is 16.4. The standard InChI is InChI=1S/C20H17N3O2S/c1-15-13-20(21-23(15)18-9-3-2-4-10-18)22-26(24,25)19-12-11-16-7-5-6-8-17(16)14-19/h2-14H,1H3,(H,21,22). The van der Waals surface area contributed by atoms with Gasteiger partial charge in [0.05, 0.1) is 10.6 Å². The van der Waals surface area contributed by atoms with Gasteiger partial charge in [0.15, 0.2) is 5.82 Å². The highest BCUT2D eigenvalue weighted by molar-refractivity contribution is 7.92. The molecule has 0 atom stereocenters. The van der Waals surface area contributed by atoms with Gasteiger partial charge in [0.2, 0.25) is 0 Å². The lowest BCUT2D eigenvalue weighted by Gasteiger charge is -2.07. The fourth-order valence-electron chi connectivity index (χ4n) is 2.89. The number of aryl methyl sites for hydroxylation is 1. The minimum absolute atomic E-state index is 0.211. The average Bonchev–Trinajstić information content (AvgIpc) is 3.01. The SMILES string of the molecule is Cc1cc(NS(=O)(=O)c2ccc3ccccc3c2)nn1-c1ccccc1. The molecule has 130 valence electrons. The molecule has 1 heterocycles. The van der Waals surface area contributed by atoms with Gasteiger partial charge in [-0.05, 0) is 42.0 Å². The molecular weight excluding hydrogens is 346 g/mol. The van der Waals surface area contributed by atoms with Gasteiger partial charge in [0, 0.05) is 11.8 Å². The van der Waals surface area contributed by atoms with Crippen molar-refractivity contribution in [3.63, 3.8) is 0 Å². The Bertz CT molecular complexity index is 1180. The maximum Gasteiger partial charge on any atom is 0.263 e. The number of nitrogens with one attached hydrogen (secondary N) is 1. The van der Waals surface area contributed by atoms with Crippen LogP contribution in [-0.4, -0.2) is 18.2 Å². The molecule has 26 heavy (non-hydrogen) atoms. The first-order chi connectivity index (χ1) is 12.5. The van der Waals surface area contributed by atoms with E-state index >= 15 is 0 Å². The van der Waals surface area contributed by atoms with Crippen molar-refractivity contribution in [3.05, 3.63) is 84.6 Å². The number of benzene rings is 3. The molecule has 3 aromatic carbocycles. The summed E-state index contributed by atoms with van der Waals surface area (Å²) in [5.41, 5.74) is 1.72. The monoisotopic (exact) mass is 363 g/mol. The third kappa shape index (κ3) is 3.07. The van der Waals surface area contributed by atoms with E-state index in [1.807, 2.05) is 61.5 Å². The first-order valence-corrected chi connectivity index (χ1v) is 9.65. The molecule has 0 fully saturated rings. The Morgan fingerprint density at radius 1 is 0.846 bits per heavy atom. The molecule has 0 amide bonds. The maximum absolute atomic E-state index is 12.7. The van der Waals surface area contributed by atoms with Gasteiger partial charge in [-0.2, -0.15) is 0 Å². The van der Waals surface area contributed by atoms with Gasteiger partial charge in [0.25, 0.3) is 10.0 Å². The summed E-state index contributed by atoms with van der Waals surface area (Å²) in [6.45, 7) is 1.88. The van der Waals surface area contributed by atoms with E-state index in [1.165, 1.54) is 0 Å². The highest BCUT2D eigenvalue weighted by Gasteiger charge is 2.17. The predicted octanol–water partition coefficient (Wildman–Crippen LogP) is 4.13. The molecule has 1 aromatic heterocycles. The van der Waals surface area contributed by atoms with Crippen LogP contribution in [0.15, 0.2) is 83.8 Å². The minimum atomic E-state index is -3.72. The number of hydrogen-bond donors (Lipinski definition) is 1. The van der Waals surface area contributed by atoms with E-state index in [1.54, 1.807) is 28.9 Å². The number of para-hydroxylation sites is 1. The summed E-state index contributed by atoms with van der Waals surface area (Å²) < 4.78 is 29.8. The Morgan fingerprint density at radius 2 is 1.54 bits per heavy atom. The number of hydrogen-bond acceptors (Lipinski definition) is 3. The predicted molar refractivity (Wildman–Crippen MR) is 103 cm³/mol. The molecule has 0 aliphatic heterocycles. The van der Waals surface area contributed by atoms with E-state index in [4.69, 9.17) is 0 Å². The van der Waals surface area contributed by atoms with Crippen molar-refractivity contribution < 1.29 is 8.42 Å². The van der Waals surface area contributed by atoms with Crippen LogP contribution < -0.4 is 4.72 Å². The molecule has 4 aromatic rings. The normalized spacial score (nSPS) is 11.6. The Labute approximate surface area is 152 Å². The number of fused-ring (bicyclic) bond motifs is 1. The Morgan fingerprint density at radius 3 is 2.31 bits per heavy atom. The summed E-state index contributed by atoms with van der Waals surface area (Å²) in [4.78, 5) is 0.211. The van der Waals surface area contributed by atoms with Crippen molar-refractivity contribution in [2.45, 2.75) is 11.8 Å². The molecule has 0 aliphatic rings. The summed E-state index contributed by atoms with van der Waals surface area (Å²) >= 11 is 0. The zero-order chi connectivity index (χ0) is 18.1. The van der Waals surface area contributed by atoms with E-state index < -0.39 is 10.0 Å². The van der Waals surface area contributed by atoms with Gasteiger partial charge in [-0.25, -0.2) is 13.1 Å². The number of rotatable bonds is 4. The van der Waals surface area contributed by atoms with Crippen LogP contribution in [0.25, 0.3) is 16.5 Å². The van der Waals surface area contributed by atoms with Gasteiger partial charge in [0.1, 0.15) is 0 Å².